The van der Waals surface area contributed by atoms with E-state index >= 15 is 0 Å². The fourth-order valence-electron chi connectivity index (χ4n) is 4.22. The van der Waals surface area contributed by atoms with Crippen LogP contribution in [0, 0.1) is 12.8 Å². The Hall–Kier alpha value is -3.16. The number of nitrogens with zero attached hydrogens (tertiary/aromatic N) is 1. The minimum atomic E-state index is -0.880. The zero-order valence-corrected chi connectivity index (χ0v) is 19.8. The van der Waals surface area contributed by atoms with Crippen molar-refractivity contribution in [3.8, 4) is 11.8 Å². The Morgan fingerprint density at radius 1 is 1.09 bits per heavy atom. The topological polar surface area (TPSA) is 110 Å². The average Bonchev–Trinajstić information content (AvgIpc) is 2.98. The van der Waals surface area contributed by atoms with E-state index in [-0.39, 0.29) is 29.5 Å². The summed E-state index contributed by atoms with van der Waals surface area (Å²) in [5.41, 5.74) is 0.251. The molecular weight excluding hydrogens is 424 g/mol. The van der Waals surface area contributed by atoms with Crippen LogP contribution in [-0.4, -0.2) is 38.5 Å². The summed E-state index contributed by atoms with van der Waals surface area (Å²) in [6, 6.07) is 8.39. The van der Waals surface area contributed by atoms with Crippen molar-refractivity contribution in [3.63, 3.8) is 0 Å². The number of aromatic nitrogens is 1. The quantitative estimate of drug-likeness (QED) is 0.527. The van der Waals surface area contributed by atoms with Gasteiger partial charge in [-0.25, -0.2) is 4.79 Å². The summed E-state index contributed by atoms with van der Waals surface area (Å²) >= 11 is 0. The molecule has 0 saturated heterocycles. The Kier molecular flexibility index (Phi) is 7.56. The average molecular weight is 459 g/mol. The number of hydrogen-bond donors (Lipinski definition) is 3. The van der Waals surface area contributed by atoms with Crippen LogP contribution in [-0.2, 0) is 11.3 Å². The third kappa shape index (κ3) is 6.00. The summed E-state index contributed by atoms with van der Waals surface area (Å²) in [4.78, 5) is 31.7. The zero-order valence-electron chi connectivity index (χ0n) is 19.8. The van der Waals surface area contributed by atoms with Crippen LogP contribution in [0.4, 0.5) is 4.79 Å². The summed E-state index contributed by atoms with van der Waals surface area (Å²) in [6.07, 6.45) is 3.88. The van der Waals surface area contributed by atoms with Crippen molar-refractivity contribution in [2.45, 2.75) is 78.0 Å². The molecule has 0 radical (unpaired) electrons. The van der Waals surface area contributed by atoms with E-state index in [2.05, 4.69) is 5.32 Å². The number of nitrogens with one attached hydrogen (secondary N) is 1. The summed E-state index contributed by atoms with van der Waals surface area (Å²) in [7, 11) is 0. The van der Waals surface area contributed by atoms with E-state index in [0.29, 0.717) is 0 Å². The molecule has 1 amide bonds. The largest absolute Gasteiger partial charge is 0.492 e. The van der Waals surface area contributed by atoms with Crippen molar-refractivity contribution in [2.75, 3.05) is 0 Å². The monoisotopic (exact) mass is 458 g/mol. The Bertz CT molecular complexity index is 971. The lowest BCUT2D eigenvalue weighted by Crippen LogP contribution is -2.48. The number of aromatic hydroxyl groups is 2. The van der Waals surface area contributed by atoms with Gasteiger partial charge in [-0.3, -0.25) is 4.79 Å². The highest BCUT2D eigenvalue weighted by Gasteiger charge is 2.37. The number of benzene rings is 1. The molecule has 3 N–H and O–H groups in total. The van der Waals surface area contributed by atoms with Gasteiger partial charge in [0.25, 0.3) is 0 Å². The first-order valence-electron chi connectivity index (χ1n) is 11.4. The Labute approximate surface area is 194 Å². The number of alkyl carbamates (subject to hydrolysis) is 1. The van der Waals surface area contributed by atoms with Crippen molar-refractivity contribution < 1.29 is 29.4 Å². The number of amides is 1. The van der Waals surface area contributed by atoms with E-state index in [1.165, 1.54) is 6.92 Å². The molecule has 180 valence electrons. The molecule has 1 aliphatic rings. The second-order valence-corrected chi connectivity index (χ2v) is 9.59. The lowest BCUT2D eigenvalue weighted by atomic mass is 9.81. The Balaban J connectivity index is 1.87. The zero-order chi connectivity index (χ0) is 24.2. The highest BCUT2D eigenvalue weighted by atomic mass is 16.7. The number of carbonyl (C=O) groups excluding carboxylic acids is 2. The molecule has 2 aromatic rings. The third-order valence-corrected chi connectivity index (χ3v) is 5.84. The van der Waals surface area contributed by atoms with Crippen LogP contribution in [0.1, 0.15) is 74.4 Å². The Morgan fingerprint density at radius 3 is 2.33 bits per heavy atom. The lowest BCUT2D eigenvalue weighted by molar-refractivity contribution is 0.0457. The predicted octanol–water partition coefficient (Wildman–Crippen LogP) is 4.49. The van der Waals surface area contributed by atoms with E-state index in [1.807, 2.05) is 30.3 Å². The van der Waals surface area contributed by atoms with Gasteiger partial charge < -0.3 is 25.1 Å². The van der Waals surface area contributed by atoms with Gasteiger partial charge in [-0.1, -0.05) is 49.6 Å². The number of ether oxygens (including phenoxy) is 1. The van der Waals surface area contributed by atoms with Crippen LogP contribution in [0.2, 0.25) is 0 Å². The molecule has 8 nitrogen and oxygen atoms in total. The number of rotatable bonds is 7. The number of Topliss-reactive ketones (excluding diaryl/α,β-unsaturated/α-hetero) is 1. The molecule has 1 atom stereocenters. The lowest BCUT2D eigenvalue weighted by Gasteiger charge is -2.31. The van der Waals surface area contributed by atoms with Crippen LogP contribution in [0.5, 0.6) is 11.8 Å². The first-order chi connectivity index (χ1) is 15.6. The van der Waals surface area contributed by atoms with Gasteiger partial charge in [0.2, 0.25) is 11.8 Å². The van der Waals surface area contributed by atoms with Gasteiger partial charge in [-0.15, -0.1) is 4.73 Å². The van der Waals surface area contributed by atoms with Crippen LogP contribution in [0.15, 0.2) is 30.3 Å². The summed E-state index contributed by atoms with van der Waals surface area (Å²) < 4.78 is 6.24. The van der Waals surface area contributed by atoms with Crippen molar-refractivity contribution in [1.82, 2.24) is 10.0 Å². The predicted molar refractivity (Wildman–Crippen MR) is 123 cm³/mol. The van der Waals surface area contributed by atoms with Gasteiger partial charge in [0, 0.05) is 5.56 Å². The van der Waals surface area contributed by atoms with Crippen LogP contribution >= 0.6 is 0 Å². The molecule has 1 heterocycles. The number of ketones is 1. The van der Waals surface area contributed by atoms with Gasteiger partial charge in [0.05, 0.1) is 11.6 Å². The van der Waals surface area contributed by atoms with Crippen molar-refractivity contribution in [2.24, 2.45) is 5.92 Å². The molecular formula is C25H34N2O6. The highest BCUT2D eigenvalue weighted by molar-refractivity contribution is 6.05. The fraction of sp³-hybridized carbons (Fsp3) is 0.520. The molecule has 8 heteroatoms. The second-order valence-electron chi connectivity index (χ2n) is 9.59. The molecule has 0 bridgehead atoms. The van der Waals surface area contributed by atoms with Crippen molar-refractivity contribution in [1.29, 1.82) is 0 Å². The molecule has 0 unspecified atom stereocenters. The van der Waals surface area contributed by atoms with E-state index in [9.17, 15) is 19.8 Å². The normalized spacial score (nSPS) is 15.6. The van der Waals surface area contributed by atoms with E-state index < -0.39 is 29.4 Å². The molecule has 1 aromatic heterocycles. The van der Waals surface area contributed by atoms with Gasteiger partial charge in [0.15, 0.2) is 5.78 Å². The van der Waals surface area contributed by atoms with Crippen LogP contribution in [0.25, 0.3) is 0 Å². The van der Waals surface area contributed by atoms with Crippen LogP contribution < -0.4 is 10.2 Å². The maximum absolute atomic E-state index is 13.6. The van der Waals surface area contributed by atoms with Crippen LogP contribution in [0.3, 0.4) is 0 Å². The molecule has 1 fully saturated rings. The van der Waals surface area contributed by atoms with E-state index in [4.69, 9.17) is 9.57 Å². The van der Waals surface area contributed by atoms with Crippen molar-refractivity contribution in [3.05, 3.63) is 47.0 Å². The maximum Gasteiger partial charge on any atom is 0.408 e. The van der Waals surface area contributed by atoms with Gasteiger partial charge >= 0.3 is 6.09 Å². The molecule has 33 heavy (non-hydrogen) atoms. The van der Waals surface area contributed by atoms with Gasteiger partial charge in [-0.2, -0.15) is 0 Å². The second kappa shape index (κ2) is 10.2. The summed E-state index contributed by atoms with van der Waals surface area (Å²) in [6.45, 7) is 6.88. The van der Waals surface area contributed by atoms with E-state index in [1.54, 1.807) is 20.8 Å². The molecule has 0 spiro atoms. The fourth-order valence-corrected chi connectivity index (χ4v) is 4.22. The highest BCUT2D eigenvalue weighted by Crippen LogP contribution is 2.36. The van der Waals surface area contributed by atoms with Crippen molar-refractivity contribution >= 4 is 11.9 Å². The molecule has 3 rings (SSSR count). The third-order valence-electron chi connectivity index (χ3n) is 5.84. The minimum Gasteiger partial charge on any atom is -0.492 e. The molecule has 1 aromatic carbocycles. The smallest absolute Gasteiger partial charge is 0.408 e. The van der Waals surface area contributed by atoms with Gasteiger partial charge in [0.1, 0.15) is 12.2 Å². The first-order valence-corrected chi connectivity index (χ1v) is 11.4. The standard InChI is InChI=1S/C25H34N2O6/c1-16-19(23(30)27(22(16)29)32-15-17-11-7-5-8-12-17)21(28)20(18-13-9-6-10-14-18)26-24(31)33-25(2,3)4/h5,7-8,11-12,18,20,29-30H,6,9-10,13-15H2,1-4H3,(H,26,31)/t20-/m0/s1. The van der Waals surface area contributed by atoms with Gasteiger partial charge in [-0.05, 0) is 52.0 Å². The maximum atomic E-state index is 13.6. The number of hydrogen-bond acceptors (Lipinski definition) is 6. The SMILES string of the molecule is Cc1c(C(=O)[C@@H](NC(=O)OC(C)(C)C)C2CCCCC2)c(O)n(OCc2ccccc2)c1O. The molecule has 1 saturated carbocycles. The molecule has 1 aliphatic carbocycles. The first kappa shape index (κ1) is 24.5. The minimum absolute atomic E-state index is 0.0628. The van der Waals surface area contributed by atoms with E-state index in [0.717, 1.165) is 42.4 Å². The number of carbonyl (C=O) groups is 2. The summed E-state index contributed by atoms with van der Waals surface area (Å²) in [5.74, 6) is -1.41. The Morgan fingerprint density at radius 2 is 1.73 bits per heavy atom. The molecule has 0 aliphatic heterocycles. The summed E-state index contributed by atoms with van der Waals surface area (Å²) in [5, 5.41) is 24.1.